The van der Waals surface area contributed by atoms with Gasteiger partial charge in [0.15, 0.2) is 0 Å². The lowest BCUT2D eigenvalue weighted by atomic mass is 10.0. The molecule has 0 nitrogen and oxygen atoms in total. The number of rotatable bonds is 7. The molecule has 88 valence electrons. The fourth-order valence-corrected chi connectivity index (χ4v) is 1.63. The maximum atomic E-state index is 2.34. The lowest BCUT2D eigenvalue weighted by molar-refractivity contribution is 0.480. The minimum Gasteiger partial charge on any atom is -0.0654 e. The van der Waals surface area contributed by atoms with Gasteiger partial charge in [-0.3, -0.25) is 0 Å². The summed E-state index contributed by atoms with van der Waals surface area (Å²) in [6.45, 7) is 11.3. The van der Waals surface area contributed by atoms with Crippen LogP contribution in [-0.4, -0.2) is 0 Å². The van der Waals surface area contributed by atoms with Crippen LogP contribution in [0.3, 0.4) is 0 Å². The Morgan fingerprint density at radius 1 is 0.643 bits per heavy atom. The first-order chi connectivity index (χ1) is 6.72. The van der Waals surface area contributed by atoms with E-state index in [-0.39, 0.29) is 0 Å². The van der Waals surface area contributed by atoms with Gasteiger partial charge in [0.05, 0.1) is 0 Å². The van der Waals surface area contributed by atoms with E-state index in [1.165, 1.54) is 51.4 Å². The highest BCUT2D eigenvalue weighted by Crippen LogP contribution is 2.10. The number of hydrogen-bond donors (Lipinski definition) is 0. The van der Waals surface area contributed by atoms with Crippen molar-refractivity contribution in [3.63, 3.8) is 0 Å². The molecule has 0 heterocycles. The van der Waals surface area contributed by atoms with Gasteiger partial charge in [0.2, 0.25) is 0 Å². The minimum atomic E-state index is 0.963. The van der Waals surface area contributed by atoms with Crippen molar-refractivity contribution in [1.82, 2.24) is 0 Å². The molecule has 0 aromatic heterocycles. The summed E-state index contributed by atoms with van der Waals surface area (Å²) in [5, 5.41) is 0. The molecule has 0 radical (unpaired) electrons. The van der Waals surface area contributed by atoms with Gasteiger partial charge in [0.25, 0.3) is 0 Å². The zero-order valence-electron chi connectivity index (χ0n) is 11.2. The predicted octanol–water partition coefficient (Wildman–Crippen LogP) is 5.81. The molecule has 0 bridgehead atoms. The third-order valence-corrected chi connectivity index (χ3v) is 2.52. The van der Waals surface area contributed by atoms with Crippen molar-refractivity contribution < 1.29 is 0 Å². The lowest BCUT2D eigenvalue weighted by Gasteiger charge is -2.05. The number of unbranched alkanes of at least 4 members (excludes halogenated alkanes) is 3. The largest absolute Gasteiger partial charge is 0.0654 e. The van der Waals surface area contributed by atoms with Crippen LogP contribution in [0.2, 0.25) is 0 Å². The smallest absolute Gasteiger partial charge is 0.0443 e. The standard InChI is InChI=1S/C8H18.C6H14/c1-4-6-8(3)7-5-2;1-3-5-6-4-2/h8H,4-7H2,1-3H3;3-6H2,1-2H3. The van der Waals surface area contributed by atoms with Crippen LogP contribution in [0.25, 0.3) is 0 Å². The van der Waals surface area contributed by atoms with Crippen LogP contribution in [0.4, 0.5) is 0 Å². The molecule has 0 aromatic carbocycles. The van der Waals surface area contributed by atoms with E-state index in [9.17, 15) is 0 Å². The van der Waals surface area contributed by atoms with Crippen LogP contribution >= 0.6 is 0 Å². The van der Waals surface area contributed by atoms with Crippen molar-refractivity contribution in [3.05, 3.63) is 0 Å². The Hall–Kier alpha value is 0. The van der Waals surface area contributed by atoms with E-state index < -0.39 is 0 Å². The van der Waals surface area contributed by atoms with Crippen molar-refractivity contribution in [1.29, 1.82) is 0 Å². The quantitative estimate of drug-likeness (QED) is 0.455. The van der Waals surface area contributed by atoms with E-state index in [2.05, 4.69) is 34.6 Å². The molecule has 0 aliphatic heterocycles. The van der Waals surface area contributed by atoms with Crippen LogP contribution in [-0.2, 0) is 0 Å². The summed E-state index contributed by atoms with van der Waals surface area (Å²) in [7, 11) is 0. The normalized spacial score (nSPS) is 9.86. The second-order valence-corrected chi connectivity index (χ2v) is 4.39. The molecule has 0 unspecified atom stereocenters. The van der Waals surface area contributed by atoms with Crippen LogP contribution < -0.4 is 0 Å². The van der Waals surface area contributed by atoms with Gasteiger partial charge in [0, 0.05) is 0 Å². The summed E-state index contributed by atoms with van der Waals surface area (Å²) in [6, 6.07) is 0. The van der Waals surface area contributed by atoms with Crippen molar-refractivity contribution in [2.45, 2.75) is 86.0 Å². The molecule has 0 spiro atoms. The van der Waals surface area contributed by atoms with Crippen LogP contribution in [0, 0.1) is 5.92 Å². The summed E-state index contributed by atoms with van der Waals surface area (Å²) < 4.78 is 0. The molecule has 0 N–H and O–H groups in total. The van der Waals surface area contributed by atoms with E-state index >= 15 is 0 Å². The molecule has 0 saturated carbocycles. The second kappa shape index (κ2) is 15.5. The summed E-state index contributed by atoms with van der Waals surface area (Å²) >= 11 is 0. The fourth-order valence-electron chi connectivity index (χ4n) is 1.63. The van der Waals surface area contributed by atoms with Gasteiger partial charge in [-0.1, -0.05) is 86.0 Å². The Morgan fingerprint density at radius 3 is 1.21 bits per heavy atom. The van der Waals surface area contributed by atoms with E-state index in [4.69, 9.17) is 0 Å². The SMILES string of the molecule is CCCC(C)CCC.CCCCCC. The molecule has 14 heavy (non-hydrogen) atoms. The first kappa shape index (κ1) is 16.4. The molecular weight excluding hydrogens is 168 g/mol. The highest BCUT2D eigenvalue weighted by molar-refractivity contribution is 4.48. The van der Waals surface area contributed by atoms with Crippen molar-refractivity contribution >= 4 is 0 Å². The Morgan fingerprint density at radius 2 is 1.00 bits per heavy atom. The molecule has 0 atom stereocenters. The Labute approximate surface area is 92.5 Å². The third-order valence-electron chi connectivity index (χ3n) is 2.52. The first-order valence-electron chi connectivity index (χ1n) is 6.72. The van der Waals surface area contributed by atoms with Crippen molar-refractivity contribution in [2.75, 3.05) is 0 Å². The average molecular weight is 200 g/mol. The van der Waals surface area contributed by atoms with E-state index in [0.29, 0.717) is 0 Å². The molecule has 0 saturated heterocycles. The maximum Gasteiger partial charge on any atom is -0.0443 e. The van der Waals surface area contributed by atoms with Gasteiger partial charge in [-0.25, -0.2) is 0 Å². The maximum absolute atomic E-state index is 2.34. The minimum absolute atomic E-state index is 0.963. The number of hydrogen-bond acceptors (Lipinski definition) is 0. The lowest BCUT2D eigenvalue weighted by Crippen LogP contribution is -1.91. The van der Waals surface area contributed by atoms with Gasteiger partial charge in [-0.05, 0) is 5.92 Å². The highest BCUT2D eigenvalue weighted by Gasteiger charge is 1.95. The topological polar surface area (TPSA) is 0 Å². The molecule has 0 heteroatoms. The van der Waals surface area contributed by atoms with E-state index in [1.54, 1.807) is 0 Å². The fraction of sp³-hybridized carbons (Fsp3) is 1.00. The summed E-state index contributed by atoms with van der Waals surface area (Å²) in [4.78, 5) is 0. The Kier molecular flexibility index (Phi) is 18.2. The molecular formula is C14H32. The Bertz CT molecular complexity index is 66.1. The summed E-state index contributed by atoms with van der Waals surface area (Å²) in [5.74, 6) is 0.963. The molecule has 0 amide bonds. The van der Waals surface area contributed by atoms with E-state index in [1.807, 2.05) is 0 Å². The predicted molar refractivity (Wildman–Crippen MR) is 68.8 cm³/mol. The highest BCUT2D eigenvalue weighted by atomic mass is 14.0. The van der Waals surface area contributed by atoms with Gasteiger partial charge in [0.1, 0.15) is 0 Å². The Balaban J connectivity index is 0. The average Bonchev–Trinajstić information content (AvgIpc) is 2.16. The molecule has 0 rings (SSSR count). The monoisotopic (exact) mass is 200 g/mol. The van der Waals surface area contributed by atoms with Gasteiger partial charge in [-0.2, -0.15) is 0 Å². The zero-order chi connectivity index (χ0) is 11.2. The third kappa shape index (κ3) is 17.9. The zero-order valence-corrected chi connectivity index (χ0v) is 11.2. The second-order valence-electron chi connectivity index (χ2n) is 4.39. The van der Waals surface area contributed by atoms with Gasteiger partial charge >= 0.3 is 0 Å². The van der Waals surface area contributed by atoms with Gasteiger partial charge in [-0.15, -0.1) is 0 Å². The van der Waals surface area contributed by atoms with Crippen LogP contribution in [0.1, 0.15) is 86.0 Å². The molecule has 0 aliphatic carbocycles. The van der Waals surface area contributed by atoms with Crippen molar-refractivity contribution in [2.24, 2.45) is 5.92 Å². The molecule has 0 aromatic rings. The molecule has 0 fully saturated rings. The molecule has 0 aliphatic rings. The summed E-state index contributed by atoms with van der Waals surface area (Å²) in [5.41, 5.74) is 0. The summed E-state index contributed by atoms with van der Waals surface area (Å²) in [6.07, 6.45) is 11.1. The van der Waals surface area contributed by atoms with Crippen LogP contribution in [0.15, 0.2) is 0 Å². The first-order valence-corrected chi connectivity index (χ1v) is 6.72. The van der Waals surface area contributed by atoms with E-state index in [0.717, 1.165) is 5.92 Å². The van der Waals surface area contributed by atoms with Crippen molar-refractivity contribution in [3.8, 4) is 0 Å². The van der Waals surface area contributed by atoms with Gasteiger partial charge < -0.3 is 0 Å². The van der Waals surface area contributed by atoms with Crippen LogP contribution in [0.5, 0.6) is 0 Å².